The van der Waals surface area contributed by atoms with Crippen LogP contribution in [0.15, 0.2) is 48.7 Å². The molecule has 0 bridgehead atoms. The molecule has 1 heterocycles. The molecule has 1 atom stereocenters. The number of hydrogen-bond donors (Lipinski definition) is 2. The van der Waals surface area contributed by atoms with Crippen LogP contribution in [0.2, 0.25) is 0 Å². The fourth-order valence-corrected chi connectivity index (χ4v) is 3.03. The lowest BCUT2D eigenvalue weighted by Gasteiger charge is -2.15. The zero-order chi connectivity index (χ0) is 14.1. The van der Waals surface area contributed by atoms with Gasteiger partial charge in [-0.2, -0.15) is 0 Å². The third-order valence-electron chi connectivity index (χ3n) is 3.98. The molecule has 3 aromatic rings. The predicted molar refractivity (Wildman–Crippen MR) is 85.1 cm³/mol. The third-order valence-corrected chi connectivity index (χ3v) is 3.98. The SMILES string of the molecule is Cc1cc(C)c2[nH]cc(C(CN)c3ccccc3)c2c1. The molecule has 0 saturated heterocycles. The van der Waals surface area contributed by atoms with Crippen LogP contribution >= 0.6 is 0 Å². The summed E-state index contributed by atoms with van der Waals surface area (Å²) in [6.07, 6.45) is 2.11. The Kier molecular flexibility index (Phi) is 3.33. The molecule has 0 saturated carbocycles. The van der Waals surface area contributed by atoms with E-state index in [0.717, 1.165) is 0 Å². The molecule has 0 fully saturated rings. The smallest absolute Gasteiger partial charge is 0.0486 e. The Balaban J connectivity index is 2.18. The highest BCUT2D eigenvalue weighted by Crippen LogP contribution is 2.32. The lowest BCUT2D eigenvalue weighted by molar-refractivity contribution is 0.825. The second-order valence-corrected chi connectivity index (χ2v) is 5.45. The van der Waals surface area contributed by atoms with Gasteiger partial charge in [0.25, 0.3) is 0 Å². The molecule has 2 aromatic carbocycles. The van der Waals surface area contributed by atoms with E-state index in [4.69, 9.17) is 5.73 Å². The lowest BCUT2D eigenvalue weighted by atomic mass is 9.90. The number of aromatic nitrogens is 1. The van der Waals surface area contributed by atoms with Crippen LogP contribution in [-0.4, -0.2) is 11.5 Å². The first kappa shape index (κ1) is 12.9. The number of nitrogens with two attached hydrogens (primary N) is 1. The molecule has 1 unspecified atom stereocenters. The van der Waals surface area contributed by atoms with Crippen molar-refractivity contribution in [3.8, 4) is 0 Å². The van der Waals surface area contributed by atoms with Crippen molar-refractivity contribution in [1.29, 1.82) is 0 Å². The Morgan fingerprint density at radius 1 is 1.10 bits per heavy atom. The quantitative estimate of drug-likeness (QED) is 0.740. The molecule has 2 nitrogen and oxygen atoms in total. The second-order valence-electron chi connectivity index (χ2n) is 5.45. The summed E-state index contributed by atoms with van der Waals surface area (Å²) < 4.78 is 0. The first-order valence-corrected chi connectivity index (χ1v) is 7.04. The van der Waals surface area contributed by atoms with Crippen molar-refractivity contribution in [3.05, 3.63) is 70.9 Å². The Morgan fingerprint density at radius 3 is 2.55 bits per heavy atom. The summed E-state index contributed by atoms with van der Waals surface area (Å²) in [5.41, 5.74) is 12.4. The van der Waals surface area contributed by atoms with E-state index in [1.165, 1.54) is 33.2 Å². The first-order chi connectivity index (χ1) is 9.70. The van der Waals surface area contributed by atoms with Gasteiger partial charge in [-0.05, 0) is 36.6 Å². The minimum Gasteiger partial charge on any atom is -0.361 e. The van der Waals surface area contributed by atoms with Crippen LogP contribution in [0.5, 0.6) is 0 Å². The van der Waals surface area contributed by atoms with E-state index in [0.29, 0.717) is 6.54 Å². The van der Waals surface area contributed by atoms with Crippen molar-refractivity contribution in [2.75, 3.05) is 6.54 Å². The number of hydrogen-bond acceptors (Lipinski definition) is 1. The number of aryl methyl sites for hydroxylation is 2. The molecule has 102 valence electrons. The van der Waals surface area contributed by atoms with E-state index in [2.05, 4.69) is 61.4 Å². The molecule has 1 aromatic heterocycles. The number of nitrogens with one attached hydrogen (secondary N) is 1. The minimum absolute atomic E-state index is 0.242. The average Bonchev–Trinajstić information content (AvgIpc) is 2.85. The molecular formula is C18H20N2. The number of rotatable bonds is 3. The third kappa shape index (κ3) is 2.12. The Labute approximate surface area is 119 Å². The fraction of sp³-hybridized carbons (Fsp3) is 0.222. The van der Waals surface area contributed by atoms with E-state index >= 15 is 0 Å². The van der Waals surface area contributed by atoms with Crippen LogP contribution < -0.4 is 5.73 Å². The summed E-state index contributed by atoms with van der Waals surface area (Å²) in [6, 6.07) is 15.0. The number of fused-ring (bicyclic) bond motifs is 1. The normalized spacial score (nSPS) is 12.8. The molecule has 2 heteroatoms. The van der Waals surface area contributed by atoms with Gasteiger partial charge in [-0.3, -0.25) is 0 Å². The summed E-state index contributed by atoms with van der Waals surface area (Å²) in [4.78, 5) is 3.41. The molecule has 20 heavy (non-hydrogen) atoms. The zero-order valence-corrected chi connectivity index (χ0v) is 12.0. The van der Waals surface area contributed by atoms with Gasteiger partial charge in [0.15, 0.2) is 0 Å². The van der Waals surface area contributed by atoms with Gasteiger partial charge in [0.1, 0.15) is 0 Å². The van der Waals surface area contributed by atoms with Gasteiger partial charge in [0.2, 0.25) is 0 Å². The maximum Gasteiger partial charge on any atom is 0.0486 e. The zero-order valence-electron chi connectivity index (χ0n) is 12.0. The first-order valence-electron chi connectivity index (χ1n) is 7.04. The minimum atomic E-state index is 0.242. The number of aromatic amines is 1. The topological polar surface area (TPSA) is 41.8 Å². The lowest BCUT2D eigenvalue weighted by Crippen LogP contribution is -2.13. The highest BCUT2D eigenvalue weighted by molar-refractivity contribution is 5.87. The Morgan fingerprint density at radius 2 is 1.85 bits per heavy atom. The number of H-pyrrole nitrogens is 1. The van der Waals surface area contributed by atoms with Gasteiger partial charge in [-0.1, -0.05) is 42.0 Å². The maximum absolute atomic E-state index is 6.05. The van der Waals surface area contributed by atoms with Crippen LogP contribution in [0.1, 0.15) is 28.2 Å². The molecule has 3 N–H and O–H groups in total. The summed E-state index contributed by atoms with van der Waals surface area (Å²) >= 11 is 0. The van der Waals surface area contributed by atoms with Crippen LogP contribution in [0.4, 0.5) is 0 Å². The molecule has 3 rings (SSSR count). The molecular weight excluding hydrogens is 244 g/mol. The molecule has 0 aliphatic carbocycles. The maximum atomic E-state index is 6.05. The largest absolute Gasteiger partial charge is 0.361 e. The van der Waals surface area contributed by atoms with Crippen molar-refractivity contribution >= 4 is 10.9 Å². The Hall–Kier alpha value is -2.06. The second kappa shape index (κ2) is 5.14. The van der Waals surface area contributed by atoms with Gasteiger partial charge in [0.05, 0.1) is 0 Å². The van der Waals surface area contributed by atoms with Crippen LogP contribution in [-0.2, 0) is 0 Å². The van der Waals surface area contributed by atoms with E-state index in [1.54, 1.807) is 0 Å². The summed E-state index contributed by atoms with van der Waals surface area (Å²) in [6.45, 7) is 4.91. The molecule has 0 aliphatic heterocycles. The van der Waals surface area contributed by atoms with E-state index in [-0.39, 0.29) is 5.92 Å². The van der Waals surface area contributed by atoms with E-state index in [9.17, 15) is 0 Å². The highest BCUT2D eigenvalue weighted by Gasteiger charge is 2.17. The van der Waals surface area contributed by atoms with Crippen LogP contribution in [0.3, 0.4) is 0 Å². The van der Waals surface area contributed by atoms with Crippen LogP contribution in [0, 0.1) is 13.8 Å². The van der Waals surface area contributed by atoms with Crippen molar-refractivity contribution in [2.45, 2.75) is 19.8 Å². The van der Waals surface area contributed by atoms with Gasteiger partial charge >= 0.3 is 0 Å². The monoisotopic (exact) mass is 264 g/mol. The molecule has 0 radical (unpaired) electrons. The fourth-order valence-electron chi connectivity index (χ4n) is 3.03. The van der Waals surface area contributed by atoms with Crippen molar-refractivity contribution in [3.63, 3.8) is 0 Å². The molecule has 0 spiro atoms. The van der Waals surface area contributed by atoms with E-state index < -0.39 is 0 Å². The molecule has 0 amide bonds. The van der Waals surface area contributed by atoms with Crippen molar-refractivity contribution in [1.82, 2.24) is 4.98 Å². The summed E-state index contributed by atoms with van der Waals surface area (Å²) in [5.74, 6) is 0.242. The van der Waals surface area contributed by atoms with Gasteiger partial charge in [-0.25, -0.2) is 0 Å². The standard InChI is InChI=1S/C18H20N2/c1-12-8-13(2)18-15(9-12)17(11-20-18)16(10-19)14-6-4-3-5-7-14/h3-9,11,16,20H,10,19H2,1-2H3. The predicted octanol–water partition coefficient (Wildman–Crippen LogP) is 3.88. The van der Waals surface area contributed by atoms with Crippen LogP contribution in [0.25, 0.3) is 10.9 Å². The Bertz CT molecular complexity index is 726. The highest BCUT2D eigenvalue weighted by atomic mass is 14.7. The van der Waals surface area contributed by atoms with E-state index in [1.807, 2.05) is 6.07 Å². The van der Waals surface area contributed by atoms with Crippen molar-refractivity contribution < 1.29 is 0 Å². The molecule has 0 aliphatic rings. The number of benzene rings is 2. The van der Waals surface area contributed by atoms with Crippen molar-refractivity contribution in [2.24, 2.45) is 5.73 Å². The summed E-state index contributed by atoms with van der Waals surface area (Å²) in [7, 11) is 0. The van der Waals surface area contributed by atoms with Gasteiger partial charge < -0.3 is 10.7 Å². The van der Waals surface area contributed by atoms with Gasteiger partial charge in [0, 0.05) is 29.6 Å². The average molecular weight is 264 g/mol. The van der Waals surface area contributed by atoms with Gasteiger partial charge in [-0.15, -0.1) is 0 Å². The summed E-state index contributed by atoms with van der Waals surface area (Å²) in [5, 5.41) is 1.29.